The summed E-state index contributed by atoms with van der Waals surface area (Å²) in [7, 11) is 0. The van der Waals surface area contributed by atoms with E-state index in [1.807, 2.05) is 42.8 Å². The summed E-state index contributed by atoms with van der Waals surface area (Å²) in [4.78, 5) is 12.6. The van der Waals surface area contributed by atoms with Gasteiger partial charge in [-0.25, -0.2) is 4.39 Å². The van der Waals surface area contributed by atoms with Gasteiger partial charge in [0.05, 0.1) is 17.9 Å². The maximum atomic E-state index is 14.7. The van der Waals surface area contributed by atoms with Crippen LogP contribution in [0.1, 0.15) is 38.4 Å². The van der Waals surface area contributed by atoms with Crippen molar-refractivity contribution in [1.29, 1.82) is 0 Å². The molecule has 0 spiro atoms. The number of nitrogens with one attached hydrogen (secondary N) is 2. The quantitative estimate of drug-likeness (QED) is 0.730. The molecule has 1 amide bonds. The minimum absolute atomic E-state index is 0.234. The van der Waals surface area contributed by atoms with Crippen LogP contribution in [-0.4, -0.2) is 22.2 Å². The number of carbonyl (C=O) groups is 1. The Morgan fingerprint density at radius 3 is 2.71 bits per heavy atom. The summed E-state index contributed by atoms with van der Waals surface area (Å²) >= 11 is 0. The number of amides is 1. The lowest BCUT2D eigenvalue weighted by Crippen LogP contribution is -2.25. The minimum Gasteiger partial charge on any atom is -0.319 e. The molecule has 2 heterocycles. The molecule has 1 aliphatic rings. The Morgan fingerprint density at radius 1 is 1.21 bits per heavy atom. The number of aromatic nitrogens is 2. The molecule has 3 aromatic rings. The molecular weight excluding hydrogens is 355 g/mol. The van der Waals surface area contributed by atoms with E-state index in [4.69, 9.17) is 0 Å². The van der Waals surface area contributed by atoms with Gasteiger partial charge < -0.3 is 10.6 Å². The van der Waals surface area contributed by atoms with Gasteiger partial charge in [-0.2, -0.15) is 5.10 Å². The second-order valence-electron chi connectivity index (χ2n) is 7.23. The van der Waals surface area contributed by atoms with E-state index in [0.717, 1.165) is 29.1 Å². The highest BCUT2D eigenvalue weighted by Crippen LogP contribution is 2.25. The van der Waals surface area contributed by atoms with E-state index in [1.54, 1.807) is 18.2 Å². The standard InChI is InChI=1S/C22H23FN4O/c1-14-11-15(2)27(26-14)13-16-3-5-17(6-4-16)22(28)25-20-8-7-18-12-24-10-9-19(18)21(20)23/h3-8,11,24H,9-10,12-13H2,1-2H3,(H,25,28). The summed E-state index contributed by atoms with van der Waals surface area (Å²) < 4.78 is 16.7. The monoisotopic (exact) mass is 378 g/mol. The van der Waals surface area contributed by atoms with E-state index >= 15 is 0 Å². The number of halogens is 1. The van der Waals surface area contributed by atoms with E-state index in [2.05, 4.69) is 15.7 Å². The van der Waals surface area contributed by atoms with Gasteiger partial charge >= 0.3 is 0 Å². The number of benzene rings is 2. The SMILES string of the molecule is Cc1cc(C)n(Cc2ccc(C(=O)Nc3ccc4c(c3F)CCNC4)cc2)n1. The van der Waals surface area contributed by atoms with Gasteiger partial charge in [0.15, 0.2) is 0 Å². The van der Waals surface area contributed by atoms with Gasteiger partial charge in [0.25, 0.3) is 5.91 Å². The van der Waals surface area contributed by atoms with Gasteiger partial charge in [-0.3, -0.25) is 9.48 Å². The molecule has 0 atom stereocenters. The average Bonchev–Trinajstić information content (AvgIpc) is 3.01. The Labute approximate surface area is 163 Å². The summed E-state index contributed by atoms with van der Waals surface area (Å²) in [6, 6.07) is 12.9. The lowest BCUT2D eigenvalue weighted by atomic mass is 9.99. The fraction of sp³-hybridized carbons (Fsp3) is 0.273. The first-order chi connectivity index (χ1) is 13.5. The summed E-state index contributed by atoms with van der Waals surface area (Å²) in [6.07, 6.45) is 0.631. The Hall–Kier alpha value is -2.99. The number of rotatable bonds is 4. The molecule has 0 radical (unpaired) electrons. The lowest BCUT2D eigenvalue weighted by molar-refractivity contribution is 0.102. The Kier molecular flexibility index (Phi) is 4.96. The van der Waals surface area contributed by atoms with Gasteiger partial charge in [-0.15, -0.1) is 0 Å². The predicted octanol–water partition coefficient (Wildman–Crippen LogP) is 3.59. The van der Waals surface area contributed by atoms with E-state index in [1.165, 1.54) is 0 Å². The van der Waals surface area contributed by atoms with Crippen LogP contribution in [0.3, 0.4) is 0 Å². The molecule has 2 aromatic carbocycles. The maximum Gasteiger partial charge on any atom is 0.255 e. The molecule has 144 valence electrons. The fourth-order valence-electron chi connectivity index (χ4n) is 3.59. The molecule has 4 rings (SSSR count). The first-order valence-corrected chi connectivity index (χ1v) is 9.43. The Bertz CT molecular complexity index is 1020. The van der Waals surface area contributed by atoms with Crippen molar-refractivity contribution < 1.29 is 9.18 Å². The molecule has 1 aromatic heterocycles. The number of aryl methyl sites for hydroxylation is 2. The normalized spacial score (nSPS) is 13.2. The van der Waals surface area contributed by atoms with Crippen LogP contribution < -0.4 is 10.6 Å². The number of hydrogen-bond donors (Lipinski definition) is 2. The molecule has 0 unspecified atom stereocenters. The van der Waals surface area contributed by atoms with Crippen molar-refractivity contribution in [3.05, 3.63) is 81.9 Å². The van der Waals surface area contributed by atoms with E-state index in [0.29, 0.717) is 30.6 Å². The second-order valence-corrected chi connectivity index (χ2v) is 7.23. The first-order valence-electron chi connectivity index (χ1n) is 9.43. The molecule has 28 heavy (non-hydrogen) atoms. The highest BCUT2D eigenvalue weighted by molar-refractivity contribution is 6.04. The maximum absolute atomic E-state index is 14.7. The molecule has 0 bridgehead atoms. The van der Waals surface area contributed by atoms with Crippen molar-refractivity contribution in [2.24, 2.45) is 0 Å². The number of hydrogen-bond acceptors (Lipinski definition) is 3. The smallest absolute Gasteiger partial charge is 0.255 e. The van der Waals surface area contributed by atoms with Gasteiger partial charge in [-0.05, 0) is 67.8 Å². The molecule has 0 fully saturated rings. The molecule has 0 saturated heterocycles. The molecule has 5 nitrogen and oxygen atoms in total. The van der Waals surface area contributed by atoms with Crippen LogP contribution in [0, 0.1) is 19.7 Å². The third-order valence-corrected chi connectivity index (χ3v) is 5.11. The average molecular weight is 378 g/mol. The molecule has 6 heteroatoms. The van der Waals surface area contributed by atoms with Gasteiger partial charge in [0, 0.05) is 17.8 Å². The first kappa shape index (κ1) is 18.4. The van der Waals surface area contributed by atoms with Gasteiger partial charge in [0.1, 0.15) is 5.82 Å². The zero-order valence-corrected chi connectivity index (χ0v) is 16.1. The third-order valence-electron chi connectivity index (χ3n) is 5.11. The van der Waals surface area contributed by atoms with Crippen molar-refractivity contribution >= 4 is 11.6 Å². The largest absolute Gasteiger partial charge is 0.319 e. The number of fused-ring (bicyclic) bond motifs is 1. The van der Waals surface area contributed by atoms with Crippen LogP contribution >= 0.6 is 0 Å². The number of carbonyl (C=O) groups excluding carboxylic acids is 1. The molecule has 0 aliphatic carbocycles. The van der Waals surface area contributed by atoms with E-state index < -0.39 is 0 Å². The predicted molar refractivity (Wildman–Crippen MR) is 107 cm³/mol. The zero-order chi connectivity index (χ0) is 19.7. The number of nitrogens with zero attached hydrogens (tertiary/aromatic N) is 2. The fourth-order valence-corrected chi connectivity index (χ4v) is 3.59. The van der Waals surface area contributed by atoms with Crippen LogP contribution in [0.25, 0.3) is 0 Å². The molecule has 0 saturated carbocycles. The Morgan fingerprint density at radius 2 is 2.00 bits per heavy atom. The van der Waals surface area contributed by atoms with Crippen LogP contribution in [0.4, 0.5) is 10.1 Å². The van der Waals surface area contributed by atoms with Crippen molar-refractivity contribution in [3.63, 3.8) is 0 Å². The van der Waals surface area contributed by atoms with Gasteiger partial charge in [-0.1, -0.05) is 18.2 Å². The van der Waals surface area contributed by atoms with Crippen LogP contribution in [0.15, 0.2) is 42.5 Å². The lowest BCUT2D eigenvalue weighted by Gasteiger charge is -2.19. The summed E-state index contributed by atoms with van der Waals surface area (Å²) in [5, 5.41) is 10.4. The highest BCUT2D eigenvalue weighted by Gasteiger charge is 2.18. The van der Waals surface area contributed by atoms with E-state index in [-0.39, 0.29) is 17.4 Å². The summed E-state index contributed by atoms with van der Waals surface area (Å²) in [6.45, 7) is 6.04. The van der Waals surface area contributed by atoms with Crippen LogP contribution in [-0.2, 0) is 19.5 Å². The van der Waals surface area contributed by atoms with E-state index in [9.17, 15) is 9.18 Å². The van der Waals surface area contributed by atoms with Crippen LogP contribution in [0.2, 0.25) is 0 Å². The summed E-state index contributed by atoms with van der Waals surface area (Å²) in [5.41, 5.74) is 5.50. The number of anilines is 1. The van der Waals surface area contributed by atoms with Crippen molar-refractivity contribution in [3.8, 4) is 0 Å². The third kappa shape index (κ3) is 3.68. The Balaban J connectivity index is 1.47. The van der Waals surface area contributed by atoms with Crippen molar-refractivity contribution in [2.45, 2.75) is 33.4 Å². The molecular formula is C22H23FN4O. The van der Waals surface area contributed by atoms with Gasteiger partial charge in [0.2, 0.25) is 0 Å². The zero-order valence-electron chi connectivity index (χ0n) is 16.1. The summed E-state index contributed by atoms with van der Waals surface area (Å²) in [5.74, 6) is -0.640. The van der Waals surface area contributed by atoms with Crippen molar-refractivity contribution in [2.75, 3.05) is 11.9 Å². The molecule has 2 N–H and O–H groups in total. The topological polar surface area (TPSA) is 59.0 Å². The molecule has 1 aliphatic heterocycles. The second kappa shape index (κ2) is 7.56. The highest BCUT2D eigenvalue weighted by atomic mass is 19.1. The minimum atomic E-state index is -0.325. The van der Waals surface area contributed by atoms with Crippen molar-refractivity contribution in [1.82, 2.24) is 15.1 Å². The van der Waals surface area contributed by atoms with Crippen LogP contribution in [0.5, 0.6) is 0 Å².